The number of methoxy groups -OCH3 is 3. The third kappa shape index (κ3) is 11.3. The Kier molecular flexibility index (Phi) is 14.1. The van der Waals surface area contributed by atoms with Crippen molar-refractivity contribution in [2.45, 2.75) is 0 Å². The number of anilines is 1. The predicted molar refractivity (Wildman–Crippen MR) is 138 cm³/mol. The minimum Gasteiger partial charge on any atom is -0.465 e. The maximum absolute atomic E-state index is 12.3. The van der Waals surface area contributed by atoms with Crippen molar-refractivity contribution in [3.63, 3.8) is 0 Å². The Balaban J connectivity index is 1.99. The second-order valence-electron chi connectivity index (χ2n) is 7.28. The van der Waals surface area contributed by atoms with Crippen LogP contribution in [0.15, 0.2) is 60.7 Å². The van der Waals surface area contributed by atoms with Crippen LogP contribution in [0.2, 0.25) is 0 Å². The van der Waals surface area contributed by atoms with Gasteiger partial charge in [-0.25, -0.2) is 4.79 Å². The molecule has 0 unspecified atom stereocenters. The first-order valence-electron chi connectivity index (χ1n) is 11.4. The smallest absolute Gasteiger partial charge is 0.339 e. The van der Waals surface area contributed by atoms with Crippen LogP contribution in [-0.2, 0) is 28.5 Å². The van der Waals surface area contributed by atoms with Crippen LogP contribution >= 0.6 is 0 Å². The van der Waals surface area contributed by atoms with Crippen LogP contribution in [0.3, 0.4) is 0 Å². The number of rotatable bonds is 17. The van der Waals surface area contributed by atoms with E-state index < -0.39 is 11.9 Å². The topological polar surface area (TPSA) is 111 Å². The summed E-state index contributed by atoms with van der Waals surface area (Å²) in [6.45, 7) is 1.77. The molecule has 0 fully saturated rings. The minimum absolute atomic E-state index is 0.0184. The van der Waals surface area contributed by atoms with E-state index in [-0.39, 0.29) is 19.1 Å². The lowest BCUT2D eigenvalue weighted by Crippen LogP contribution is -2.12. The lowest BCUT2D eigenvalue weighted by Gasteiger charge is -2.14. The first-order valence-corrected chi connectivity index (χ1v) is 11.4. The van der Waals surface area contributed by atoms with E-state index in [0.717, 1.165) is 5.56 Å². The number of carbonyl (C=O) groups excluding carboxylic acids is 2. The number of benzene rings is 2. The van der Waals surface area contributed by atoms with Crippen molar-refractivity contribution in [3.05, 3.63) is 71.8 Å². The van der Waals surface area contributed by atoms with Crippen molar-refractivity contribution >= 4 is 23.6 Å². The summed E-state index contributed by atoms with van der Waals surface area (Å²) < 4.78 is 36.7. The van der Waals surface area contributed by atoms with Gasteiger partial charge in [-0.3, -0.25) is 4.79 Å². The molecular weight excluding hydrogens is 482 g/mol. The first-order chi connectivity index (χ1) is 18.1. The molecule has 0 radical (unpaired) electrons. The SMILES string of the molecule is COCCOCOc1ccc(C=CC=CC(=O)Nc2ccccc2C(=O)OC)cc1OCOCCOC. The molecule has 1 N–H and O–H groups in total. The van der Waals surface area contributed by atoms with Crippen LogP contribution in [0.5, 0.6) is 11.5 Å². The monoisotopic (exact) mass is 515 g/mol. The van der Waals surface area contributed by atoms with Gasteiger partial charge in [-0.1, -0.05) is 36.4 Å². The predicted octanol–water partition coefficient (Wildman–Crippen LogP) is 3.68. The Morgan fingerprint density at radius 3 is 2.16 bits per heavy atom. The summed E-state index contributed by atoms with van der Waals surface area (Å²) in [4.78, 5) is 24.1. The molecule has 200 valence electrons. The van der Waals surface area contributed by atoms with Crippen LogP contribution < -0.4 is 14.8 Å². The van der Waals surface area contributed by atoms with E-state index >= 15 is 0 Å². The Labute approximate surface area is 216 Å². The molecule has 2 aromatic rings. The molecule has 0 saturated heterocycles. The fourth-order valence-corrected chi connectivity index (χ4v) is 2.84. The van der Waals surface area contributed by atoms with E-state index in [0.29, 0.717) is 43.6 Å². The zero-order valence-corrected chi connectivity index (χ0v) is 21.3. The van der Waals surface area contributed by atoms with Gasteiger partial charge in [0.05, 0.1) is 44.8 Å². The van der Waals surface area contributed by atoms with Crippen molar-refractivity contribution < 1.29 is 42.7 Å². The largest absolute Gasteiger partial charge is 0.465 e. The quantitative estimate of drug-likeness (QED) is 0.111. The van der Waals surface area contributed by atoms with Gasteiger partial charge in [0.2, 0.25) is 5.91 Å². The first kappa shape index (κ1) is 29.5. The molecule has 0 aromatic heterocycles. The van der Waals surface area contributed by atoms with E-state index in [1.165, 1.54) is 13.2 Å². The molecule has 0 aliphatic carbocycles. The Morgan fingerprint density at radius 1 is 0.811 bits per heavy atom. The molecule has 10 nitrogen and oxygen atoms in total. The van der Waals surface area contributed by atoms with E-state index in [9.17, 15) is 9.59 Å². The van der Waals surface area contributed by atoms with Crippen LogP contribution in [-0.4, -0.2) is 73.2 Å². The third-order valence-electron chi connectivity index (χ3n) is 4.66. The molecule has 0 aliphatic heterocycles. The van der Waals surface area contributed by atoms with Gasteiger partial charge in [-0.15, -0.1) is 0 Å². The Hall–Kier alpha value is -3.70. The summed E-state index contributed by atoms with van der Waals surface area (Å²) in [5.41, 5.74) is 1.44. The van der Waals surface area contributed by atoms with E-state index in [2.05, 4.69) is 5.32 Å². The number of amides is 1. The highest BCUT2D eigenvalue weighted by Crippen LogP contribution is 2.29. The van der Waals surface area contributed by atoms with Crippen molar-refractivity contribution in [1.82, 2.24) is 0 Å². The number of hydrogen-bond acceptors (Lipinski definition) is 9. The maximum Gasteiger partial charge on any atom is 0.339 e. The fraction of sp³-hybridized carbons (Fsp3) is 0.333. The molecule has 0 saturated carbocycles. The van der Waals surface area contributed by atoms with Gasteiger partial charge in [0, 0.05) is 20.3 Å². The number of allylic oxidation sites excluding steroid dienone is 2. The maximum atomic E-state index is 12.3. The zero-order valence-electron chi connectivity index (χ0n) is 21.3. The van der Waals surface area contributed by atoms with Crippen LogP contribution in [0.25, 0.3) is 6.08 Å². The lowest BCUT2D eigenvalue weighted by atomic mass is 10.1. The van der Waals surface area contributed by atoms with Gasteiger partial charge in [0.25, 0.3) is 0 Å². The fourth-order valence-electron chi connectivity index (χ4n) is 2.84. The van der Waals surface area contributed by atoms with Crippen LogP contribution in [0, 0.1) is 0 Å². The summed E-state index contributed by atoms with van der Waals surface area (Å²) >= 11 is 0. The standard InChI is InChI=1S/C27H33NO9/c1-31-14-16-34-19-36-24-13-12-21(18-25(24)37-20-35-17-15-32-2)8-4-7-11-26(29)28-23-10-6-5-9-22(23)27(30)33-3/h4-13,18H,14-17,19-20H2,1-3H3,(H,28,29). The molecule has 0 aliphatic rings. The second-order valence-corrected chi connectivity index (χ2v) is 7.28. The highest BCUT2D eigenvalue weighted by atomic mass is 16.7. The minimum atomic E-state index is -0.532. The number of carbonyl (C=O) groups is 2. The molecule has 0 atom stereocenters. The summed E-state index contributed by atoms with van der Waals surface area (Å²) in [7, 11) is 4.47. The van der Waals surface area contributed by atoms with Gasteiger partial charge in [-0.2, -0.15) is 0 Å². The van der Waals surface area contributed by atoms with Crippen molar-refractivity contribution in [3.8, 4) is 11.5 Å². The van der Waals surface area contributed by atoms with Gasteiger partial charge in [-0.05, 0) is 29.8 Å². The van der Waals surface area contributed by atoms with Gasteiger partial charge >= 0.3 is 5.97 Å². The van der Waals surface area contributed by atoms with Gasteiger partial charge < -0.3 is 38.5 Å². The molecule has 10 heteroatoms. The van der Waals surface area contributed by atoms with E-state index in [1.54, 1.807) is 68.8 Å². The Morgan fingerprint density at radius 2 is 1.49 bits per heavy atom. The van der Waals surface area contributed by atoms with Gasteiger partial charge in [0.1, 0.15) is 0 Å². The van der Waals surface area contributed by atoms with E-state index in [1.807, 2.05) is 6.07 Å². The summed E-state index contributed by atoms with van der Waals surface area (Å²) in [6, 6.07) is 12.0. The third-order valence-corrected chi connectivity index (χ3v) is 4.66. The molecular formula is C27H33NO9. The number of ether oxygens (including phenoxy) is 7. The van der Waals surface area contributed by atoms with Crippen LogP contribution in [0.1, 0.15) is 15.9 Å². The summed E-state index contributed by atoms with van der Waals surface area (Å²) in [5.74, 6) is 0.0338. The molecule has 0 spiro atoms. The number of esters is 1. The molecule has 1 amide bonds. The second kappa shape index (κ2) is 17.7. The normalized spacial score (nSPS) is 11.1. The molecule has 2 aromatic carbocycles. The summed E-state index contributed by atoms with van der Waals surface area (Å²) in [5, 5.41) is 2.67. The average Bonchev–Trinajstić information content (AvgIpc) is 2.91. The van der Waals surface area contributed by atoms with Crippen molar-refractivity contribution in [2.75, 3.05) is 66.7 Å². The van der Waals surface area contributed by atoms with Gasteiger partial charge in [0.15, 0.2) is 25.1 Å². The molecule has 0 bridgehead atoms. The van der Waals surface area contributed by atoms with E-state index in [4.69, 9.17) is 33.2 Å². The molecule has 2 rings (SSSR count). The van der Waals surface area contributed by atoms with Crippen molar-refractivity contribution in [1.29, 1.82) is 0 Å². The number of nitrogens with one attached hydrogen (secondary N) is 1. The van der Waals surface area contributed by atoms with Crippen molar-refractivity contribution in [2.24, 2.45) is 0 Å². The lowest BCUT2D eigenvalue weighted by molar-refractivity contribution is -0.111. The summed E-state index contributed by atoms with van der Waals surface area (Å²) in [6.07, 6.45) is 6.43. The molecule has 37 heavy (non-hydrogen) atoms. The average molecular weight is 516 g/mol. The van der Waals surface area contributed by atoms with Crippen LogP contribution in [0.4, 0.5) is 5.69 Å². The zero-order chi connectivity index (χ0) is 26.7. The highest BCUT2D eigenvalue weighted by molar-refractivity contribution is 6.05. The Bertz CT molecular complexity index is 1040. The highest BCUT2D eigenvalue weighted by Gasteiger charge is 2.12. The number of hydrogen-bond donors (Lipinski definition) is 1. The number of para-hydroxylation sites is 1. The molecule has 0 heterocycles.